The highest BCUT2D eigenvalue weighted by molar-refractivity contribution is 7.99. The third-order valence-electron chi connectivity index (χ3n) is 3.64. The molecule has 1 nitrogen and oxygen atoms in total. The first-order chi connectivity index (χ1) is 6.31. The van der Waals surface area contributed by atoms with E-state index in [0.717, 1.165) is 12.8 Å². The zero-order chi connectivity index (χ0) is 9.15. The first-order valence-corrected chi connectivity index (χ1v) is 6.77. The number of hydrogen-bond acceptors (Lipinski definition) is 2. The molecule has 1 atom stereocenters. The molecule has 0 aromatic carbocycles. The fourth-order valence-electron chi connectivity index (χ4n) is 2.74. The SMILES string of the molecule is OC1(C2CCCSC2)CCCCC1. The van der Waals surface area contributed by atoms with Crippen LogP contribution in [0, 0.1) is 5.92 Å². The first kappa shape index (κ1) is 9.85. The number of rotatable bonds is 1. The Morgan fingerprint density at radius 1 is 1.08 bits per heavy atom. The molecule has 1 aliphatic carbocycles. The Balaban J connectivity index is 1.94. The van der Waals surface area contributed by atoms with E-state index in [2.05, 4.69) is 0 Å². The van der Waals surface area contributed by atoms with E-state index in [1.807, 2.05) is 11.8 Å². The molecule has 0 spiro atoms. The highest BCUT2D eigenvalue weighted by Gasteiger charge is 2.38. The lowest BCUT2D eigenvalue weighted by Crippen LogP contribution is -2.42. The van der Waals surface area contributed by atoms with Crippen LogP contribution in [0.1, 0.15) is 44.9 Å². The molecule has 2 aliphatic rings. The second-order valence-electron chi connectivity index (χ2n) is 4.58. The van der Waals surface area contributed by atoms with Crippen LogP contribution in [0.5, 0.6) is 0 Å². The van der Waals surface area contributed by atoms with E-state index >= 15 is 0 Å². The van der Waals surface area contributed by atoms with Crippen LogP contribution in [0.3, 0.4) is 0 Å². The topological polar surface area (TPSA) is 20.2 Å². The normalized spacial score (nSPS) is 34.4. The lowest BCUT2D eigenvalue weighted by Gasteiger charge is -2.40. The van der Waals surface area contributed by atoms with Gasteiger partial charge in [0.1, 0.15) is 0 Å². The first-order valence-electron chi connectivity index (χ1n) is 5.61. The van der Waals surface area contributed by atoms with Crippen molar-refractivity contribution in [3.05, 3.63) is 0 Å². The third kappa shape index (κ3) is 2.21. The van der Waals surface area contributed by atoms with Gasteiger partial charge in [-0.3, -0.25) is 0 Å². The molecule has 0 aromatic rings. The van der Waals surface area contributed by atoms with Gasteiger partial charge in [-0.2, -0.15) is 11.8 Å². The van der Waals surface area contributed by atoms with E-state index in [0.29, 0.717) is 5.92 Å². The average Bonchev–Trinajstić information content (AvgIpc) is 2.20. The van der Waals surface area contributed by atoms with Crippen molar-refractivity contribution in [2.45, 2.75) is 50.5 Å². The van der Waals surface area contributed by atoms with Crippen LogP contribution in [0.2, 0.25) is 0 Å². The molecule has 1 unspecified atom stereocenters. The predicted octanol–water partition coefficient (Wildman–Crippen LogP) is 2.82. The number of aliphatic hydroxyl groups is 1. The molecule has 2 fully saturated rings. The van der Waals surface area contributed by atoms with Crippen molar-refractivity contribution < 1.29 is 5.11 Å². The van der Waals surface area contributed by atoms with E-state index in [9.17, 15) is 5.11 Å². The smallest absolute Gasteiger partial charge is 0.0683 e. The maximum Gasteiger partial charge on any atom is 0.0683 e. The van der Waals surface area contributed by atoms with E-state index in [1.54, 1.807) is 0 Å². The minimum atomic E-state index is -0.272. The second-order valence-corrected chi connectivity index (χ2v) is 5.73. The van der Waals surface area contributed by atoms with Gasteiger partial charge in [-0.15, -0.1) is 0 Å². The van der Waals surface area contributed by atoms with Crippen LogP contribution >= 0.6 is 11.8 Å². The predicted molar refractivity (Wildman–Crippen MR) is 58.1 cm³/mol. The molecule has 1 saturated heterocycles. The van der Waals surface area contributed by atoms with Crippen LogP contribution in [-0.4, -0.2) is 22.2 Å². The second kappa shape index (κ2) is 4.22. The Hall–Kier alpha value is 0.310. The summed E-state index contributed by atoms with van der Waals surface area (Å²) in [6.45, 7) is 0. The Kier molecular flexibility index (Phi) is 3.20. The Labute approximate surface area is 85.3 Å². The van der Waals surface area contributed by atoms with Crippen molar-refractivity contribution >= 4 is 11.8 Å². The van der Waals surface area contributed by atoms with E-state index in [4.69, 9.17) is 0 Å². The molecule has 2 heteroatoms. The van der Waals surface area contributed by atoms with Gasteiger partial charge in [0, 0.05) is 0 Å². The summed E-state index contributed by atoms with van der Waals surface area (Å²) in [7, 11) is 0. The van der Waals surface area contributed by atoms with Crippen molar-refractivity contribution in [3.8, 4) is 0 Å². The molecule has 1 saturated carbocycles. The summed E-state index contributed by atoms with van der Waals surface area (Å²) in [4.78, 5) is 0. The molecule has 2 rings (SSSR count). The van der Waals surface area contributed by atoms with E-state index in [1.165, 1.54) is 43.6 Å². The highest BCUT2D eigenvalue weighted by Crippen LogP contribution is 2.40. The van der Waals surface area contributed by atoms with Gasteiger partial charge in [0.2, 0.25) is 0 Å². The molecule has 0 bridgehead atoms. The summed E-state index contributed by atoms with van der Waals surface area (Å²) >= 11 is 2.04. The van der Waals surface area contributed by atoms with Gasteiger partial charge in [0.25, 0.3) is 0 Å². The van der Waals surface area contributed by atoms with E-state index < -0.39 is 0 Å². The van der Waals surface area contributed by atoms with Gasteiger partial charge >= 0.3 is 0 Å². The highest BCUT2D eigenvalue weighted by atomic mass is 32.2. The van der Waals surface area contributed by atoms with Gasteiger partial charge in [0.15, 0.2) is 0 Å². The molecule has 0 radical (unpaired) electrons. The standard InChI is InChI=1S/C11H20OS/c12-11(6-2-1-3-7-11)10-5-4-8-13-9-10/h10,12H,1-9H2. The molecule has 76 valence electrons. The van der Waals surface area contributed by atoms with Crippen molar-refractivity contribution in [1.82, 2.24) is 0 Å². The van der Waals surface area contributed by atoms with Crippen molar-refractivity contribution in [1.29, 1.82) is 0 Å². The molecule has 1 heterocycles. The monoisotopic (exact) mass is 200 g/mol. The summed E-state index contributed by atoms with van der Waals surface area (Å²) in [5.41, 5.74) is -0.272. The molecule has 0 aromatic heterocycles. The van der Waals surface area contributed by atoms with Crippen LogP contribution in [0.15, 0.2) is 0 Å². The molecule has 13 heavy (non-hydrogen) atoms. The summed E-state index contributed by atoms with van der Waals surface area (Å²) in [6.07, 6.45) is 8.55. The fraction of sp³-hybridized carbons (Fsp3) is 1.00. The van der Waals surface area contributed by atoms with Gasteiger partial charge in [-0.05, 0) is 43.1 Å². The molecular weight excluding hydrogens is 180 g/mol. The minimum Gasteiger partial charge on any atom is -0.390 e. The lowest BCUT2D eigenvalue weighted by molar-refractivity contribution is -0.0448. The zero-order valence-corrected chi connectivity index (χ0v) is 9.11. The van der Waals surface area contributed by atoms with Gasteiger partial charge in [0.05, 0.1) is 5.60 Å². The maximum absolute atomic E-state index is 10.5. The van der Waals surface area contributed by atoms with Gasteiger partial charge < -0.3 is 5.11 Å². The Bertz CT molecular complexity index is 157. The Morgan fingerprint density at radius 2 is 1.85 bits per heavy atom. The Morgan fingerprint density at radius 3 is 2.46 bits per heavy atom. The number of thioether (sulfide) groups is 1. The van der Waals surface area contributed by atoms with Crippen LogP contribution in [0.25, 0.3) is 0 Å². The molecule has 1 aliphatic heterocycles. The summed E-state index contributed by atoms with van der Waals surface area (Å²) in [5, 5.41) is 10.5. The van der Waals surface area contributed by atoms with Crippen LogP contribution in [0.4, 0.5) is 0 Å². The zero-order valence-electron chi connectivity index (χ0n) is 8.30. The minimum absolute atomic E-state index is 0.272. The summed E-state index contributed by atoms with van der Waals surface area (Å²) in [6, 6.07) is 0. The average molecular weight is 200 g/mol. The van der Waals surface area contributed by atoms with Gasteiger partial charge in [-0.25, -0.2) is 0 Å². The maximum atomic E-state index is 10.5. The van der Waals surface area contributed by atoms with Crippen molar-refractivity contribution in [3.63, 3.8) is 0 Å². The summed E-state index contributed by atoms with van der Waals surface area (Å²) < 4.78 is 0. The van der Waals surface area contributed by atoms with Gasteiger partial charge in [-0.1, -0.05) is 19.3 Å². The summed E-state index contributed by atoms with van der Waals surface area (Å²) in [5.74, 6) is 3.12. The molecule has 1 N–H and O–H groups in total. The van der Waals surface area contributed by atoms with E-state index in [-0.39, 0.29) is 5.60 Å². The van der Waals surface area contributed by atoms with Crippen molar-refractivity contribution in [2.24, 2.45) is 5.92 Å². The third-order valence-corrected chi connectivity index (χ3v) is 4.86. The fourth-order valence-corrected chi connectivity index (χ4v) is 4.04. The number of hydrogen-bond donors (Lipinski definition) is 1. The quantitative estimate of drug-likeness (QED) is 0.702. The molecule has 0 amide bonds. The van der Waals surface area contributed by atoms with Crippen LogP contribution < -0.4 is 0 Å². The molecular formula is C11H20OS. The van der Waals surface area contributed by atoms with Crippen LogP contribution in [-0.2, 0) is 0 Å². The van der Waals surface area contributed by atoms with Crippen molar-refractivity contribution in [2.75, 3.05) is 11.5 Å². The largest absolute Gasteiger partial charge is 0.390 e. The lowest BCUT2D eigenvalue weighted by atomic mass is 9.74.